The third-order valence-electron chi connectivity index (χ3n) is 5.28. The molecule has 0 saturated carbocycles. The Balaban J connectivity index is 1.79. The Morgan fingerprint density at radius 2 is 1.94 bits per heavy atom. The van der Waals surface area contributed by atoms with E-state index < -0.39 is 17.7 Å². The van der Waals surface area contributed by atoms with Crippen LogP contribution in [0.5, 0.6) is 5.75 Å². The lowest BCUT2D eigenvalue weighted by Crippen LogP contribution is -2.29. The number of ketones is 1. The molecule has 2 aromatic carbocycles. The Labute approximate surface area is 200 Å². The first-order chi connectivity index (χ1) is 16.0. The normalized spacial score (nSPS) is 17.2. The van der Waals surface area contributed by atoms with Crippen LogP contribution in [0.4, 0.5) is 0 Å². The van der Waals surface area contributed by atoms with Crippen molar-refractivity contribution < 1.29 is 19.4 Å². The van der Waals surface area contributed by atoms with Crippen molar-refractivity contribution in [2.45, 2.75) is 12.6 Å². The molecule has 0 bridgehead atoms. The molecule has 1 amide bonds. The first kappa shape index (κ1) is 22.5. The number of carbonyl (C=O) groups is 2. The second-order valence-corrected chi connectivity index (χ2v) is 8.38. The van der Waals surface area contributed by atoms with E-state index in [1.807, 2.05) is 30.3 Å². The number of hydrogen-bond acceptors (Lipinski definition) is 5. The zero-order valence-electron chi connectivity index (χ0n) is 17.6. The van der Waals surface area contributed by atoms with Gasteiger partial charge in [-0.1, -0.05) is 46.8 Å². The Kier molecular flexibility index (Phi) is 6.70. The molecule has 166 valence electrons. The summed E-state index contributed by atoms with van der Waals surface area (Å²) in [6.07, 6.45) is 4.93. The maximum absolute atomic E-state index is 13.1. The van der Waals surface area contributed by atoms with Crippen LogP contribution in [0.25, 0.3) is 5.76 Å². The molecule has 0 unspecified atom stereocenters. The third kappa shape index (κ3) is 4.73. The smallest absolute Gasteiger partial charge is 0.295 e. The first-order valence-electron chi connectivity index (χ1n) is 10.3. The molecule has 1 aliphatic heterocycles. The van der Waals surface area contributed by atoms with Crippen molar-refractivity contribution in [3.05, 3.63) is 112 Å². The topological polar surface area (TPSA) is 79.7 Å². The number of likely N-dealkylation sites (tertiary alicyclic amines) is 1. The number of benzene rings is 2. The molecule has 0 radical (unpaired) electrons. The number of rotatable bonds is 7. The zero-order valence-corrected chi connectivity index (χ0v) is 19.2. The summed E-state index contributed by atoms with van der Waals surface area (Å²) in [5, 5.41) is 11.2. The van der Waals surface area contributed by atoms with Crippen LogP contribution in [0.2, 0.25) is 0 Å². The van der Waals surface area contributed by atoms with Gasteiger partial charge in [-0.3, -0.25) is 14.6 Å². The number of halogens is 1. The maximum atomic E-state index is 13.1. The van der Waals surface area contributed by atoms with Gasteiger partial charge in [0.2, 0.25) is 0 Å². The molecule has 4 rings (SSSR count). The van der Waals surface area contributed by atoms with E-state index in [1.54, 1.807) is 48.8 Å². The highest BCUT2D eigenvalue weighted by atomic mass is 79.9. The predicted octanol–water partition coefficient (Wildman–Crippen LogP) is 5.03. The minimum atomic E-state index is -0.751. The molecule has 1 N–H and O–H groups in total. The average molecular weight is 505 g/mol. The maximum Gasteiger partial charge on any atom is 0.295 e. The number of Topliss-reactive ketones (excluding diaryl/α,β-unsaturated/α-hetero) is 1. The van der Waals surface area contributed by atoms with Gasteiger partial charge in [-0.25, -0.2) is 0 Å². The van der Waals surface area contributed by atoms with Crippen molar-refractivity contribution in [1.82, 2.24) is 9.88 Å². The highest BCUT2D eigenvalue weighted by Gasteiger charge is 2.46. The molecule has 7 heteroatoms. The Hall–Kier alpha value is -3.71. The van der Waals surface area contributed by atoms with Gasteiger partial charge in [0.15, 0.2) is 0 Å². The molecule has 1 aromatic heterocycles. The predicted molar refractivity (Wildman–Crippen MR) is 128 cm³/mol. The van der Waals surface area contributed by atoms with E-state index in [0.29, 0.717) is 23.5 Å². The third-order valence-corrected chi connectivity index (χ3v) is 5.77. The summed E-state index contributed by atoms with van der Waals surface area (Å²) in [6, 6.07) is 16.9. The molecule has 1 saturated heterocycles. The largest absolute Gasteiger partial charge is 0.507 e. The lowest BCUT2D eigenvalue weighted by Gasteiger charge is -2.25. The summed E-state index contributed by atoms with van der Waals surface area (Å²) >= 11 is 3.46. The van der Waals surface area contributed by atoms with Crippen molar-refractivity contribution in [3.63, 3.8) is 0 Å². The Bertz CT molecular complexity index is 1220. The van der Waals surface area contributed by atoms with Crippen molar-refractivity contribution in [2.75, 3.05) is 6.61 Å². The van der Waals surface area contributed by atoms with E-state index in [0.717, 1.165) is 10.0 Å². The van der Waals surface area contributed by atoms with Gasteiger partial charge in [0.25, 0.3) is 11.7 Å². The number of nitrogens with zero attached hydrogens (tertiary/aromatic N) is 2. The number of amides is 1. The van der Waals surface area contributed by atoms with Crippen LogP contribution < -0.4 is 4.74 Å². The first-order valence-corrected chi connectivity index (χ1v) is 11.1. The van der Waals surface area contributed by atoms with Crippen LogP contribution in [0.15, 0.2) is 95.8 Å². The minimum absolute atomic E-state index is 0.0433. The molecule has 1 fully saturated rings. The van der Waals surface area contributed by atoms with Crippen molar-refractivity contribution in [2.24, 2.45) is 0 Å². The number of pyridine rings is 1. The minimum Gasteiger partial charge on any atom is -0.507 e. The van der Waals surface area contributed by atoms with Crippen LogP contribution >= 0.6 is 15.9 Å². The molecule has 33 heavy (non-hydrogen) atoms. The van der Waals surface area contributed by atoms with Crippen LogP contribution in [0, 0.1) is 0 Å². The molecule has 2 heterocycles. The second kappa shape index (κ2) is 9.83. The van der Waals surface area contributed by atoms with E-state index in [-0.39, 0.29) is 17.9 Å². The number of aliphatic hydroxyl groups excluding tert-OH is 1. The number of hydrogen-bond donors (Lipinski definition) is 1. The van der Waals surface area contributed by atoms with Crippen molar-refractivity contribution in [1.29, 1.82) is 0 Å². The number of ether oxygens (including phenoxy) is 1. The molecule has 1 aliphatic rings. The lowest BCUT2D eigenvalue weighted by atomic mass is 9.95. The average Bonchev–Trinajstić information content (AvgIpc) is 3.08. The van der Waals surface area contributed by atoms with Crippen molar-refractivity contribution in [3.8, 4) is 5.75 Å². The lowest BCUT2D eigenvalue weighted by molar-refractivity contribution is -0.140. The van der Waals surface area contributed by atoms with E-state index in [9.17, 15) is 14.7 Å². The summed E-state index contributed by atoms with van der Waals surface area (Å²) in [6.45, 7) is 4.15. The standard InChI is InChI=1S/C26H21BrN2O4/c1-2-13-33-21-10-8-18(9-11-21)24(30)22-23(19-6-3-7-20(27)14-19)29(26(32)25(22)31)16-17-5-4-12-28-15-17/h2-12,14-15,23,30H,1,13,16H2/b24-22+/t23-/m0/s1. The van der Waals surface area contributed by atoms with E-state index in [2.05, 4.69) is 27.5 Å². The van der Waals surface area contributed by atoms with E-state index in [1.165, 1.54) is 4.90 Å². The molecule has 0 spiro atoms. The summed E-state index contributed by atoms with van der Waals surface area (Å²) in [5.74, 6) is -1.03. The zero-order chi connectivity index (χ0) is 23.4. The number of aliphatic hydroxyl groups is 1. The monoisotopic (exact) mass is 504 g/mol. The summed E-state index contributed by atoms with van der Waals surface area (Å²) in [4.78, 5) is 31.8. The molecular formula is C26H21BrN2O4. The van der Waals surface area contributed by atoms with Gasteiger partial charge in [0, 0.05) is 29.0 Å². The van der Waals surface area contributed by atoms with Gasteiger partial charge in [-0.2, -0.15) is 0 Å². The fourth-order valence-corrected chi connectivity index (χ4v) is 4.19. The fraction of sp³-hybridized carbons (Fsp3) is 0.115. The van der Waals surface area contributed by atoms with Crippen LogP contribution in [-0.2, 0) is 16.1 Å². The summed E-state index contributed by atoms with van der Waals surface area (Å²) in [7, 11) is 0. The highest BCUT2D eigenvalue weighted by Crippen LogP contribution is 2.41. The van der Waals surface area contributed by atoms with Crippen LogP contribution in [0.1, 0.15) is 22.7 Å². The van der Waals surface area contributed by atoms with E-state index >= 15 is 0 Å². The van der Waals surface area contributed by atoms with Crippen molar-refractivity contribution >= 4 is 33.4 Å². The fourth-order valence-electron chi connectivity index (χ4n) is 3.77. The van der Waals surface area contributed by atoms with Gasteiger partial charge in [-0.05, 0) is 53.6 Å². The second-order valence-electron chi connectivity index (χ2n) is 7.47. The molecule has 6 nitrogen and oxygen atoms in total. The van der Waals surface area contributed by atoms with Crippen LogP contribution in [-0.4, -0.2) is 33.3 Å². The quantitative estimate of drug-likeness (QED) is 0.211. The Morgan fingerprint density at radius 3 is 2.61 bits per heavy atom. The van der Waals surface area contributed by atoms with Gasteiger partial charge in [0.1, 0.15) is 18.1 Å². The molecule has 3 aromatic rings. The molecular weight excluding hydrogens is 484 g/mol. The molecule has 0 aliphatic carbocycles. The van der Waals surface area contributed by atoms with Gasteiger partial charge in [-0.15, -0.1) is 0 Å². The SMILES string of the molecule is C=CCOc1ccc(/C(O)=C2\C(=O)C(=O)N(Cc3cccnc3)[C@H]2c2cccc(Br)c2)cc1. The van der Waals surface area contributed by atoms with Crippen LogP contribution in [0.3, 0.4) is 0 Å². The van der Waals surface area contributed by atoms with Gasteiger partial charge >= 0.3 is 0 Å². The van der Waals surface area contributed by atoms with Gasteiger partial charge < -0.3 is 14.7 Å². The number of aromatic nitrogens is 1. The summed E-state index contributed by atoms with van der Waals surface area (Å²) in [5.41, 5.74) is 1.95. The van der Waals surface area contributed by atoms with Gasteiger partial charge in [0.05, 0.1) is 11.6 Å². The van der Waals surface area contributed by atoms with E-state index in [4.69, 9.17) is 4.74 Å². The highest BCUT2D eigenvalue weighted by molar-refractivity contribution is 9.10. The number of carbonyl (C=O) groups excluding carboxylic acids is 2. The Morgan fingerprint density at radius 1 is 1.15 bits per heavy atom. The molecule has 1 atom stereocenters. The summed E-state index contributed by atoms with van der Waals surface area (Å²) < 4.78 is 6.29.